The molecule has 0 aliphatic carbocycles. The second-order valence-corrected chi connectivity index (χ2v) is 5.94. The molecule has 7 heteroatoms. The number of carbonyl (C=O) groups excluding carboxylic acids is 1. The first-order chi connectivity index (χ1) is 9.97. The van der Waals surface area contributed by atoms with Crippen molar-refractivity contribution >= 4 is 23.5 Å². The summed E-state index contributed by atoms with van der Waals surface area (Å²) in [4.78, 5) is 20.9. The monoisotopic (exact) mass is 306 g/mol. The van der Waals surface area contributed by atoms with Crippen molar-refractivity contribution in [1.29, 1.82) is 0 Å². The van der Waals surface area contributed by atoms with Gasteiger partial charge in [-0.3, -0.25) is 4.79 Å². The number of rotatable bonds is 5. The van der Waals surface area contributed by atoms with Crippen LogP contribution in [0, 0.1) is 20.8 Å². The van der Waals surface area contributed by atoms with Gasteiger partial charge in [0.15, 0.2) is 5.82 Å². The van der Waals surface area contributed by atoms with E-state index >= 15 is 0 Å². The van der Waals surface area contributed by atoms with E-state index < -0.39 is 0 Å². The number of carbonyl (C=O) groups is 1. The Bertz CT molecular complexity index is 621. The fourth-order valence-corrected chi connectivity index (χ4v) is 2.89. The minimum absolute atomic E-state index is 0.107. The Labute approximate surface area is 127 Å². The third-order valence-electron chi connectivity index (χ3n) is 2.75. The molecule has 1 amide bonds. The highest BCUT2D eigenvalue weighted by Gasteiger charge is 2.20. The third kappa shape index (κ3) is 4.29. The van der Waals surface area contributed by atoms with Crippen LogP contribution in [0.1, 0.15) is 30.6 Å². The molecular weight excluding hydrogens is 288 g/mol. The quantitative estimate of drug-likeness (QED) is 0.675. The lowest BCUT2D eigenvalue weighted by molar-refractivity contribution is -0.115. The van der Waals surface area contributed by atoms with Crippen molar-refractivity contribution in [2.75, 3.05) is 5.32 Å². The predicted octanol–water partition coefficient (Wildman–Crippen LogP) is 2.90. The second kappa shape index (κ2) is 6.71. The van der Waals surface area contributed by atoms with E-state index in [0.717, 1.165) is 10.7 Å². The maximum atomic E-state index is 12.3. The van der Waals surface area contributed by atoms with Crippen LogP contribution in [0.5, 0.6) is 0 Å². The van der Waals surface area contributed by atoms with Gasteiger partial charge in [0.1, 0.15) is 16.6 Å². The minimum atomic E-state index is -0.240. The van der Waals surface area contributed by atoms with Crippen molar-refractivity contribution in [3.05, 3.63) is 29.4 Å². The van der Waals surface area contributed by atoms with Crippen molar-refractivity contribution in [1.82, 2.24) is 15.1 Å². The molecule has 2 aromatic heterocycles. The molecule has 1 N–H and O–H groups in total. The van der Waals surface area contributed by atoms with Crippen LogP contribution in [0.3, 0.4) is 0 Å². The second-order valence-electron chi connectivity index (χ2n) is 4.72. The molecule has 0 aliphatic rings. The highest BCUT2D eigenvalue weighted by atomic mass is 32.2. The zero-order chi connectivity index (χ0) is 15.4. The number of nitrogens with zero attached hydrogens (tertiary/aromatic N) is 3. The van der Waals surface area contributed by atoms with Gasteiger partial charge < -0.3 is 9.84 Å². The smallest absolute Gasteiger partial charge is 0.239 e. The van der Waals surface area contributed by atoms with Crippen molar-refractivity contribution in [2.24, 2.45) is 0 Å². The molecule has 1 unspecified atom stereocenters. The van der Waals surface area contributed by atoms with E-state index in [4.69, 9.17) is 4.52 Å². The molecule has 0 bridgehead atoms. The molecule has 112 valence electrons. The van der Waals surface area contributed by atoms with Crippen LogP contribution in [-0.2, 0) is 4.79 Å². The molecule has 2 rings (SSSR count). The Morgan fingerprint density at radius 2 is 2.10 bits per heavy atom. The topological polar surface area (TPSA) is 80.9 Å². The Balaban J connectivity index is 2.06. The number of anilines is 1. The Morgan fingerprint density at radius 3 is 2.67 bits per heavy atom. The maximum Gasteiger partial charge on any atom is 0.239 e. The minimum Gasteiger partial charge on any atom is -0.360 e. The molecule has 0 radical (unpaired) electrons. The molecule has 6 nitrogen and oxygen atoms in total. The summed E-state index contributed by atoms with van der Waals surface area (Å²) in [5.74, 6) is 1.70. The molecule has 0 saturated carbocycles. The lowest BCUT2D eigenvalue weighted by atomic mass is 10.3. The van der Waals surface area contributed by atoms with E-state index in [9.17, 15) is 4.79 Å². The number of nitrogens with one attached hydrogen (secondary N) is 1. The Hall–Kier alpha value is -1.89. The first kappa shape index (κ1) is 15.5. The van der Waals surface area contributed by atoms with E-state index in [1.54, 1.807) is 13.0 Å². The summed E-state index contributed by atoms with van der Waals surface area (Å²) in [7, 11) is 0. The van der Waals surface area contributed by atoms with Crippen LogP contribution in [0.15, 0.2) is 21.7 Å². The SMILES string of the molecule is CCC(Sc1cc(C)nc(C)n1)C(=O)Nc1cc(C)on1. The summed E-state index contributed by atoms with van der Waals surface area (Å²) in [6.45, 7) is 7.50. The number of aryl methyl sites for hydroxylation is 3. The summed E-state index contributed by atoms with van der Waals surface area (Å²) >= 11 is 1.43. The molecule has 0 spiro atoms. The van der Waals surface area contributed by atoms with E-state index in [0.29, 0.717) is 23.8 Å². The maximum absolute atomic E-state index is 12.3. The van der Waals surface area contributed by atoms with Crippen LogP contribution < -0.4 is 5.32 Å². The van der Waals surface area contributed by atoms with Crippen LogP contribution in [0.25, 0.3) is 0 Å². The zero-order valence-corrected chi connectivity index (χ0v) is 13.3. The molecule has 0 saturated heterocycles. The largest absolute Gasteiger partial charge is 0.360 e. The van der Waals surface area contributed by atoms with Gasteiger partial charge in [-0.2, -0.15) is 0 Å². The van der Waals surface area contributed by atoms with E-state index in [1.165, 1.54) is 11.8 Å². The van der Waals surface area contributed by atoms with Gasteiger partial charge >= 0.3 is 0 Å². The fourth-order valence-electron chi connectivity index (χ4n) is 1.84. The molecule has 0 aliphatic heterocycles. The first-order valence-electron chi connectivity index (χ1n) is 6.71. The summed E-state index contributed by atoms with van der Waals surface area (Å²) in [5, 5.41) is 7.09. The van der Waals surface area contributed by atoms with Crippen LogP contribution >= 0.6 is 11.8 Å². The molecule has 0 aromatic carbocycles. The van der Waals surface area contributed by atoms with Gasteiger partial charge in [-0.1, -0.05) is 23.8 Å². The van der Waals surface area contributed by atoms with E-state index in [-0.39, 0.29) is 11.2 Å². The molecule has 2 heterocycles. The van der Waals surface area contributed by atoms with E-state index in [1.807, 2.05) is 26.8 Å². The van der Waals surface area contributed by atoms with Gasteiger partial charge in [0.05, 0.1) is 5.25 Å². The lowest BCUT2D eigenvalue weighted by Crippen LogP contribution is -2.24. The number of amides is 1. The molecule has 21 heavy (non-hydrogen) atoms. The van der Waals surface area contributed by atoms with Crippen LogP contribution in [0.4, 0.5) is 5.82 Å². The Morgan fingerprint density at radius 1 is 1.33 bits per heavy atom. The first-order valence-corrected chi connectivity index (χ1v) is 7.59. The summed E-state index contributed by atoms with van der Waals surface area (Å²) in [6.07, 6.45) is 0.690. The fraction of sp³-hybridized carbons (Fsp3) is 0.429. The predicted molar refractivity (Wildman–Crippen MR) is 81.3 cm³/mol. The van der Waals surface area contributed by atoms with Crippen molar-refractivity contribution in [3.63, 3.8) is 0 Å². The van der Waals surface area contributed by atoms with Gasteiger partial charge in [-0.05, 0) is 33.3 Å². The zero-order valence-electron chi connectivity index (χ0n) is 12.5. The number of thioether (sulfide) groups is 1. The number of hydrogen-bond donors (Lipinski definition) is 1. The Kier molecular flexibility index (Phi) is 4.95. The molecule has 2 aromatic rings. The number of aromatic nitrogens is 3. The normalized spacial score (nSPS) is 12.2. The molecule has 0 fully saturated rings. The average Bonchev–Trinajstić information content (AvgIpc) is 2.80. The highest BCUT2D eigenvalue weighted by molar-refractivity contribution is 8.00. The lowest BCUT2D eigenvalue weighted by Gasteiger charge is -2.13. The van der Waals surface area contributed by atoms with Crippen molar-refractivity contribution in [2.45, 2.75) is 44.4 Å². The summed E-state index contributed by atoms with van der Waals surface area (Å²) < 4.78 is 4.94. The summed E-state index contributed by atoms with van der Waals surface area (Å²) in [6, 6.07) is 3.57. The third-order valence-corrected chi connectivity index (χ3v) is 4.03. The average molecular weight is 306 g/mol. The van der Waals surface area contributed by atoms with Crippen LogP contribution in [0.2, 0.25) is 0 Å². The van der Waals surface area contributed by atoms with Gasteiger partial charge in [-0.25, -0.2) is 9.97 Å². The van der Waals surface area contributed by atoms with Gasteiger partial charge in [0.25, 0.3) is 0 Å². The van der Waals surface area contributed by atoms with Crippen LogP contribution in [-0.4, -0.2) is 26.3 Å². The number of hydrogen-bond acceptors (Lipinski definition) is 6. The standard InChI is InChI=1S/C14H18N4O2S/c1-5-11(14(19)17-12-7-9(3)20-18-12)21-13-6-8(2)15-10(4)16-13/h6-7,11H,5H2,1-4H3,(H,17,18,19). The van der Waals surface area contributed by atoms with Gasteiger partial charge in [-0.15, -0.1) is 0 Å². The molecular formula is C14H18N4O2S. The summed E-state index contributed by atoms with van der Waals surface area (Å²) in [5.41, 5.74) is 0.896. The van der Waals surface area contributed by atoms with Crippen molar-refractivity contribution < 1.29 is 9.32 Å². The highest BCUT2D eigenvalue weighted by Crippen LogP contribution is 2.25. The van der Waals surface area contributed by atoms with Crippen molar-refractivity contribution in [3.8, 4) is 0 Å². The molecule has 1 atom stereocenters. The van der Waals surface area contributed by atoms with Gasteiger partial charge in [0.2, 0.25) is 5.91 Å². The van der Waals surface area contributed by atoms with E-state index in [2.05, 4.69) is 20.4 Å². The van der Waals surface area contributed by atoms with Gasteiger partial charge in [0, 0.05) is 11.8 Å².